The van der Waals surface area contributed by atoms with Crippen LogP contribution in [0.2, 0.25) is 0 Å². The Hall–Kier alpha value is -0.990. The first-order valence-electron chi connectivity index (χ1n) is 4.54. The van der Waals surface area contributed by atoms with Crippen molar-refractivity contribution in [2.45, 2.75) is 32.7 Å². The number of aromatic nitrogens is 2. The van der Waals surface area contributed by atoms with Crippen LogP contribution in [0.25, 0.3) is 0 Å². The number of anilines is 1. The molecule has 0 aliphatic heterocycles. The van der Waals surface area contributed by atoms with Crippen LogP contribution >= 0.6 is 0 Å². The Morgan fingerprint density at radius 3 is 2.67 bits per heavy atom. The van der Waals surface area contributed by atoms with E-state index < -0.39 is 0 Å². The molecule has 1 aromatic rings. The van der Waals surface area contributed by atoms with Gasteiger partial charge in [-0.1, -0.05) is 13.8 Å². The Bertz CT molecular complexity index is 225. The molecule has 1 heterocycles. The maximum atomic E-state index is 4.20. The third-order valence-corrected chi connectivity index (χ3v) is 2.23. The molecule has 0 saturated heterocycles. The lowest BCUT2D eigenvalue weighted by Crippen LogP contribution is -2.09. The lowest BCUT2D eigenvalue weighted by atomic mass is 10.2. The Kier molecular flexibility index (Phi) is 3.14. The van der Waals surface area contributed by atoms with Crippen LogP contribution in [0.15, 0.2) is 12.4 Å². The van der Waals surface area contributed by atoms with E-state index in [0.717, 1.165) is 18.8 Å². The summed E-state index contributed by atoms with van der Waals surface area (Å²) in [5.74, 6) is 0.962. The van der Waals surface area contributed by atoms with Crippen LogP contribution in [0, 0.1) is 0 Å². The Morgan fingerprint density at radius 2 is 2.17 bits per heavy atom. The average molecular weight is 167 g/mol. The largest absolute Gasteiger partial charge is 0.359 e. The standard InChI is InChI=1S/C9H17N3/c1-4-8(5-2)12-7-6-11-9(12)10-3/h6-8H,4-5H2,1-3H3,(H,10,11). The predicted octanol–water partition coefficient (Wildman–Crippen LogP) is 2.29. The molecule has 0 aliphatic rings. The highest BCUT2D eigenvalue weighted by molar-refractivity contribution is 5.25. The second kappa shape index (κ2) is 4.14. The number of rotatable bonds is 4. The summed E-state index contributed by atoms with van der Waals surface area (Å²) in [4.78, 5) is 4.20. The van der Waals surface area contributed by atoms with E-state index >= 15 is 0 Å². The normalized spacial score (nSPS) is 10.7. The summed E-state index contributed by atoms with van der Waals surface area (Å²) in [6.07, 6.45) is 6.18. The highest BCUT2D eigenvalue weighted by Gasteiger charge is 2.08. The summed E-state index contributed by atoms with van der Waals surface area (Å²) in [5.41, 5.74) is 0. The minimum absolute atomic E-state index is 0.579. The van der Waals surface area contributed by atoms with E-state index in [9.17, 15) is 0 Å². The van der Waals surface area contributed by atoms with Gasteiger partial charge >= 0.3 is 0 Å². The molecule has 0 spiro atoms. The molecule has 0 saturated carbocycles. The van der Waals surface area contributed by atoms with Crippen molar-refractivity contribution >= 4 is 5.95 Å². The van der Waals surface area contributed by atoms with Crippen molar-refractivity contribution in [1.82, 2.24) is 9.55 Å². The second-order valence-electron chi connectivity index (χ2n) is 2.88. The number of imidazole rings is 1. The van der Waals surface area contributed by atoms with Crippen LogP contribution in [0.4, 0.5) is 5.95 Å². The van der Waals surface area contributed by atoms with Gasteiger partial charge in [0.1, 0.15) is 0 Å². The third kappa shape index (κ3) is 1.60. The van der Waals surface area contributed by atoms with Crippen LogP contribution in [0.1, 0.15) is 32.7 Å². The molecular formula is C9H17N3. The van der Waals surface area contributed by atoms with Crippen molar-refractivity contribution in [3.63, 3.8) is 0 Å². The fourth-order valence-electron chi connectivity index (χ4n) is 1.48. The van der Waals surface area contributed by atoms with Crippen molar-refractivity contribution in [2.24, 2.45) is 0 Å². The van der Waals surface area contributed by atoms with Crippen LogP contribution in [0.3, 0.4) is 0 Å². The highest BCUT2D eigenvalue weighted by Crippen LogP contribution is 2.19. The first-order valence-corrected chi connectivity index (χ1v) is 4.54. The molecule has 0 fully saturated rings. The van der Waals surface area contributed by atoms with Gasteiger partial charge in [0, 0.05) is 25.5 Å². The molecule has 1 N–H and O–H groups in total. The van der Waals surface area contributed by atoms with Gasteiger partial charge in [-0.3, -0.25) is 0 Å². The fraction of sp³-hybridized carbons (Fsp3) is 0.667. The maximum absolute atomic E-state index is 4.20. The van der Waals surface area contributed by atoms with Gasteiger partial charge in [0.05, 0.1) is 0 Å². The molecule has 3 heteroatoms. The minimum atomic E-state index is 0.579. The SMILES string of the molecule is CCC(CC)n1ccnc1NC. The number of nitrogens with one attached hydrogen (secondary N) is 1. The van der Waals surface area contributed by atoms with Crippen molar-refractivity contribution in [3.05, 3.63) is 12.4 Å². The van der Waals surface area contributed by atoms with Crippen LogP contribution in [0.5, 0.6) is 0 Å². The molecular weight excluding hydrogens is 150 g/mol. The highest BCUT2D eigenvalue weighted by atomic mass is 15.2. The van der Waals surface area contributed by atoms with E-state index in [1.807, 2.05) is 19.4 Å². The summed E-state index contributed by atoms with van der Waals surface area (Å²) >= 11 is 0. The van der Waals surface area contributed by atoms with Gasteiger partial charge in [-0.2, -0.15) is 0 Å². The van der Waals surface area contributed by atoms with Gasteiger partial charge in [0.2, 0.25) is 5.95 Å². The van der Waals surface area contributed by atoms with Crippen molar-refractivity contribution in [3.8, 4) is 0 Å². The van der Waals surface area contributed by atoms with Gasteiger partial charge in [-0.05, 0) is 12.8 Å². The summed E-state index contributed by atoms with van der Waals surface area (Å²) in [6.45, 7) is 4.40. The van der Waals surface area contributed by atoms with Crippen LogP contribution in [-0.4, -0.2) is 16.6 Å². The molecule has 0 aromatic carbocycles. The van der Waals surface area contributed by atoms with Crippen molar-refractivity contribution < 1.29 is 0 Å². The van der Waals surface area contributed by atoms with Crippen molar-refractivity contribution in [2.75, 3.05) is 12.4 Å². The average Bonchev–Trinajstić information content (AvgIpc) is 2.55. The minimum Gasteiger partial charge on any atom is -0.359 e. The van der Waals surface area contributed by atoms with E-state index in [4.69, 9.17) is 0 Å². The molecule has 0 bridgehead atoms. The molecule has 0 unspecified atom stereocenters. The first kappa shape index (κ1) is 9.10. The van der Waals surface area contributed by atoms with E-state index in [1.54, 1.807) is 0 Å². The van der Waals surface area contributed by atoms with E-state index in [2.05, 4.69) is 28.7 Å². The summed E-state index contributed by atoms with van der Waals surface area (Å²) in [6, 6.07) is 0.579. The van der Waals surface area contributed by atoms with Crippen molar-refractivity contribution in [1.29, 1.82) is 0 Å². The van der Waals surface area contributed by atoms with Gasteiger partial charge in [0.15, 0.2) is 0 Å². The van der Waals surface area contributed by atoms with Gasteiger partial charge in [-0.15, -0.1) is 0 Å². The molecule has 1 rings (SSSR count). The molecule has 0 radical (unpaired) electrons. The zero-order valence-corrected chi connectivity index (χ0v) is 8.04. The van der Waals surface area contributed by atoms with Gasteiger partial charge < -0.3 is 9.88 Å². The third-order valence-electron chi connectivity index (χ3n) is 2.23. The first-order chi connectivity index (χ1) is 5.83. The maximum Gasteiger partial charge on any atom is 0.202 e. The number of hydrogen-bond donors (Lipinski definition) is 1. The monoisotopic (exact) mass is 167 g/mol. The van der Waals surface area contributed by atoms with E-state index in [1.165, 1.54) is 0 Å². The second-order valence-corrected chi connectivity index (χ2v) is 2.88. The zero-order valence-electron chi connectivity index (χ0n) is 8.04. The summed E-state index contributed by atoms with van der Waals surface area (Å²) < 4.78 is 2.19. The van der Waals surface area contributed by atoms with E-state index in [0.29, 0.717) is 6.04 Å². The molecule has 0 aliphatic carbocycles. The number of hydrogen-bond acceptors (Lipinski definition) is 2. The molecule has 12 heavy (non-hydrogen) atoms. The van der Waals surface area contributed by atoms with Gasteiger partial charge in [0.25, 0.3) is 0 Å². The smallest absolute Gasteiger partial charge is 0.202 e. The Morgan fingerprint density at radius 1 is 1.50 bits per heavy atom. The predicted molar refractivity (Wildman–Crippen MR) is 51.4 cm³/mol. The van der Waals surface area contributed by atoms with Crippen LogP contribution in [-0.2, 0) is 0 Å². The quantitative estimate of drug-likeness (QED) is 0.745. The zero-order chi connectivity index (χ0) is 8.97. The molecule has 1 aromatic heterocycles. The molecule has 3 nitrogen and oxygen atoms in total. The number of nitrogens with zero attached hydrogens (tertiary/aromatic N) is 2. The topological polar surface area (TPSA) is 29.9 Å². The summed E-state index contributed by atoms with van der Waals surface area (Å²) in [5, 5.41) is 3.08. The Balaban J connectivity index is 2.83. The Labute approximate surface area is 73.8 Å². The molecule has 68 valence electrons. The van der Waals surface area contributed by atoms with Crippen LogP contribution < -0.4 is 5.32 Å². The van der Waals surface area contributed by atoms with Gasteiger partial charge in [-0.25, -0.2) is 4.98 Å². The molecule has 0 atom stereocenters. The lowest BCUT2D eigenvalue weighted by Gasteiger charge is -2.16. The summed E-state index contributed by atoms with van der Waals surface area (Å²) in [7, 11) is 1.90. The van der Waals surface area contributed by atoms with E-state index in [-0.39, 0.29) is 0 Å². The lowest BCUT2D eigenvalue weighted by molar-refractivity contribution is 0.476. The fourth-order valence-corrected chi connectivity index (χ4v) is 1.48. The molecule has 0 amide bonds.